The van der Waals surface area contributed by atoms with Crippen LogP contribution in [0.15, 0.2) is 18.5 Å². The van der Waals surface area contributed by atoms with E-state index in [-0.39, 0.29) is 6.04 Å². The van der Waals surface area contributed by atoms with Crippen LogP contribution in [0.4, 0.5) is 0 Å². The lowest BCUT2D eigenvalue weighted by atomic mass is 9.98. The number of nitrogens with one attached hydrogen (secondary N) is 1. The number of likely N-dealkylation sites (N-methyl/N-ethyl adjacent to an activating group) is 1. The smallest absolute Gasteiger partial charge is 0.0676 e. The standard InChI is InChI=1S/C15H23N5/c1-5-14-13(7-11(3)18-19-14)15(16-6-2)8-12-9-17-20(4)10-12/h7,9-10,15-16H,5-6,8H2,1-4H3. The predicted molar refractivity (Wildman–Crippen MR) is 79.5 cm³/mol. The predicted octanol–water partition coefficient (Wildman–Crippen LogP) is 1.97. The van der Waals surface area contributed by atoms with E-state index in [2.05, 4.69) is 46.7 Å². The van der Waals surface area contributed by atoms with E-state index in [9.17, 15) is 0 Å². The van der Waals surface area contributed by atoms with Crippen LogP contribution >= 0.6 is 0 Å². The van der Waals surface area contributed by atoms with E-state index in [0.717, 1.165) is 30.8 Å². The van der Waals surface area contributed by atoms with Gasteiger partial charge in [-0.15, -0.1) is 0 Å². The van der Waals surface area contributed by atoms with E-state index in [0.29, 0.717) is 0 Å². The van der Waals surface area contributed by atoms with Crippen LogP contribution in [0.2, 0.25) is 0 Å². The highest BCUT2D eigenvalue weighted by atomic mass is 15.2. The SMILES string of the molecule is CCNC(Cc1cnn(C)c1)c1cc(C)nnc1CC. The second kappa shape index (κ2) is 6.61. The second-order valence-electron chi connectivity index (χ2n) is 5.08. The summed E-state index contributed by atoms with van der Waals surface area (Å²) in [4.78, 5) is 0. The molecule has 1 N–H and O–H groups in total. The minimum absolute atomic E-state index is 0.258. The second-order valence-corrected chi connectivity index (χ2v) is 5.08. The number of hydrogen-bond acceptors (Lipinski definition) is 4. The Labute approximate surface area is 120 Å². The van der Waals surface area contributed by atoms with Crippen molar-refractivity contribution in [1.82, 2.24) is 25.3 Å². The highest BCUT2D eigenvalue weighted by Crippen LogP contribution is 2.21. The molecule has 0 aliphatic carbocycles. The van der Waals surface area contributed by atoms with Crippen molar-refractivity contribution in [1.29, 1.82) is 0 Å². The molecule has 5 nitrogen and oxygen atoms in total. The van der Waals surface area contributed by atoms with Gasteiger partial charge >= 0.3 is 0 Å². The van der Waals surface area contributed by atoms with E-state index in [1.807, 2.05) is 24.9 Å². The Balaban J connectivity index is 2.30. The van der Waals surface area contributed by atoms with Gasteiger partial charge in [0.25, 0.3) is 0 Å². The fourth-order valence-electron chi connectivity index (χ4n) is 2.46. The summed E-state index contributed by atoms with van der Waals surface area (Å²) in [7, 11) is 1.95. The normalized spacial score (nSPS) is 12.6. The Morgan fingerprint density at radius 1 is 1.30 bits per heavy atom. The lowest BCUT2D eigenvalue weighted by molar-refractivity contribution is 0.540. The van der Waals surface area contributed by atoms with Crippen molar-refractivity contribution in [3.63, 3.8) is 0 Å². The zero-order valence-corrected chi connectivity index (χ0v) is 12.7. The number of aryl methyl sites for hydroxylation is 3. The molecule has 20 heavy (non-hydrogen) atoms. The monoisotopic (exact) mass is 273 g/mol. The van der Waals surface area contributed by atoms with Gasteiger partial charge in [-0.25, -0.2) is 0 Å². The first-order valence-electron chi connectivity index (χ1n) is 7.18. The van der Waals surface area contributed by atoms with Crippen molar-refractivity contribution in [3.8, 4) is 0 Å². The van der Waals surface area contributed by atoms with Gasteiger partial charge in [0.15, 0.2) is 0 Å². The summed E-state index contributed by atoms with van der Waals surface area (Å²) in [5.74, 6) is 0. The molecule has 0 radical (unpaired) electrons. The van der Waals surface area contributed by atoms with Gasteiger partial charge < -0.3 is 5.32 Å². The van der Waals surface area contributed by atoms with Gasteiger partial charge in [-0.3, -0.25) is 4.68 Å². The van der Waals surface area contributed by atoms with Crippen molar-refractivity contribution in [2.75, 3.05) is 6.54 Å². The average Bonchev–Trinajstić information content (AvgIpc) is 2.84. The van der Waals surface area contributed by atoms with Crippen molar-refractivity contribution in [2.45, 2.75) is 39.7 Å². The maximum atomic E-state index is 4.34. The summed E-state index contributed by atoms with van der Waals surface area (Å²) < 4.78 is 1.84. The van der Waals surface area contributed by atoms with E-state index < -0.39 is 0 Å². The molecule has 0 bridgehead atoms. The molecule has 0 spiro atoms. The minimum Gasteiger partial charge on any atom is -0.310 e. The van der Waals surface area contributed by atoms with Crippen LogP contribution in [-0.2, 0) is 19.9 Å². The Kier molecular flexibility index (Phi) is 4.84. The molecule has 1 atom stereocenters. The van der Waals surface area contributed by atoms with Crippen LogP contribution in [0.5, 0.6) is 0 Å². The zero-order chi connectivity index (χ0) is 14.5. The maximum absolute atomic E-state index is 4.34. The molecule has 1 unspecified atom stereocenters. The number of hydrogen-bond donors (Lipinski definition) is 1. The van der Waals surface area contributed by atoms with Gasteiger partial charge in [-0.1, -0.05) is 13.8 Å². The first kappa shape index (κ1) is 14.7. The molecule has 0 fully saturated rings. The van der Waals surface area contributed by atoms with Crippen molar-refractivity contribution < 1.29 is 0 Å². The molecule has 2 aromatic heterocycles. The molecule has 0 amide bonds. The number of nitrogens with zero attached hydrogens (tertiary/aromatic N) is 4. The summed E-state index contributed by atoms with van der Waals surface area (Å²) in [6, 6.07) is 2.41. The first-order valence-corrected chi connectivity index (χ1v) is 7.18. The van der Waals surface area contributed by atoms with E-state index in [1.165, 1.54) is 11.1 Å². The molecule has 108 valence electrons. The zero-order valence-electron chi connectivity index (χ0n) is 12.7. The summed E-state index contributed by atoms with van der Waals surface area (Å²) in [6.45, 7) is 7.16. The van der Waals surface area contributed by atoms with Gasteiger partial charge in [0.05, 0.1) is 17.6 Å². The summed E-state index contributed by atoms with van der Waals surface area (Å²) in [5.41, 5.74) is 4.53. The fraction of sp³-hybridized carbons (Fsp3) is 0.533. The van der Waals surface area contributed by atoms with Gasteiger partial charge in [0, 0.05) is 19.3 Å². The van der Waals surface area contributed by atoms with Gasteiger partial charge in [0.2, 0.25) is 0 Å². The molecule has 2 heterocycles. The number of rotatable bonds is 6. The molecule has 5 heteroatoms. The van der Waals surface area contributed by atoms with Crippen molar-refractivity contribution in [2.24, 2.45) is 7.05 Å². The third kappa shape index (κ3) is 3.42. The molecule has 2 aromatic rings. The van der Waals surface area contributed by atoms with Gasteiger partial charge in [-0.2, -0.15) is 15.3 Å². The van der Waals surface area contributed by atoms with Crippen LogP contribution in [-0.4, -0.2) is 26.5 Å². The third-order valence-electron chi connectivity index (χ3n) is 3.39. The van der Waals surface area contributed by atoms with Crippen LogP contribution < -0.4 is 5.32 Å². The molecule has 0 saturated heterocycles. The summed E-state index contributed by atoms with van der Waals surface area (Å²) >= 11 is 0. The summed E-state index contributed by atoms with van der Waals surface area (Å²) in [6.07, 6.45) is 5.81. The topological polar surface area (TPSA) is 55.6 Å². The largest absolute Gasteiger partial charge is 0.310 e. The first-order chi connectivity index (χ1) is 9.63. The van der Waals surface area contributed by atoms with Crippen molar-refractivity contribution >= 4 is 0 Å². The molecule has 0 aromatic carbocycles. The average molecular weight is 273 g/mol. The van der Waals surface area contributed by atoms with Crippen LogP contribution in [0.3, 0.4) is 0 Å². The lowest BCUT2D eigenvalue weighted by Crippen LogP contribution is -2.24. The lowest BCUT2D eigenvalue weighted by Gasteiger charge is -2.20. The molecule has 0 aliphatic rings. The quantitative estimate of drug-likeness (QED) is 0.874. The number of aromatic nitrogens is 4. The van der Waals surface area contributed by atoms with Crippen LogP contribution in [0.25, 0.3) is 0 Å². The van der Waals surface area contributed by atoms with Crippen LogP contribution in [0, 0.1) is 6.92 Å². The van der Waals surface area contributed by atoms with E-state index >= 15 is 0 Å². The van der Waals surface area contributed by atoms with Crippen molar-refractivity contribution in [3.05, 3.63) is 41.0 Å². The minimum atomic E-state index is 0.258. The summed E-state index contributed by atoms with van der Waals surface area (Å²) in [5, 5.41) is 16.3. The molecular weight excluding hydrogens is 250 g/mol. The highest BCUT2D eigenvalue weighted by molar-refractivity contribution is 5.26. The Morgan fingerprint density at radius 2 is 2.10 bits per heavy atom. The third-order valence-corrected chi connectivity index (χ3v) is 3.39. The Hall–Kier alpha value is -1.75. The van der Waals surface area contributed by atoms with Gasteiger partial charge in [-0.05, 0) is 43.5 Å². The van der Waals surface area contributed by atoms with Gasteiger partial charge in [0.1, 0.15) is 0 Å². The highest BCUT2D eigenvalue weighted by Gasteiger charge is 2.17. The molecule has 0 aliphatic heterocycles. The Bertz CT molecular complexity index is 561. The van der Waals surface area contributed by atoms with Crippen LogP contribution in [0.1, 0.15) is 42.4 Å². The Morgan fingerprint density at radius 3 is 2.70 bits per heavy atom. The van der Waals surface area contributed by atoms with E-state index in [4.69, 9.17) is 0 Å². The molecule has 2 rings (SSSR count). The maximum Gasteiger partial charge on any atom is 0.0676 e. The molecular formula is C15H23N5. The van der Waals surface area contributed by atoms with E-state index in [1.54, 1.807) is 0 Å². The molecule has 0 saturated carbocycles. The fourth-order valence-corrected chi connectivity index (χ4v) is 2.46.